The molecule has 2 aromatic heterocycles. The van der Waals surface area contributed by atoms with Crippen molar-refractivity contribution in [1.82, 2.24) is 19.4 Å². The van der Waals surface area contributed by atoms with Gasteiger partial charge in [-0.25, -0.2) is 9.36 Å². The average molecular weight is 431 g/mol. The highest BCUT2D eigenvalue weighted by atomic mass is 16.3. The Bertz CT molecular complexity index is 1410. The molecule has 3 heterocycles. The minimum atomic E-state index is -0.656. The molecule has 0 spiro atoms. The van der Waals surface area contributed by atoms with Crippen LogP contribution < -0.4 is 11.2 Å². The van der Waals surface area contributed by atoms with Crippen LogP contribution in [0.4, 0.5) is 0 Å². The normalized spacial score (nSPS) is 16.4. The number of nitrogens with zero attached hydrogens (tertiary/aromatic N) is 2. The standard InChI is InChI=1S/C25H26N4O3/c1-3-15-9-11-16(12-10-15)29-24(31)20(23(30)27-25(29)32)22-21-18(13-14-28(22)4-2)17-7-5-6-8-19(17)26-21/h5-12,22,26,31H,3-4,13-14H2,1-2H3,(H,27,30,32)/t22-/m0/s1. The van der Waals surface area contributed by atoms with E-state index in [4.69, 9.17) is 0 Å². The Hall–Kier alpha value is -3.58. The number of aromatic hydroxyl groups is 1. The van der Waals surface area contributed by atoms with E-state index >= 15 is 0 Å². The van der Waals surface area contributed by atoms with Gasteiger partial charge < -0.3 is 10.1 Å². The Balaban J connectivity index is 1.75. The fourth-order valence-corrected chi connectivity index (χ4v) is 4.86. The summed E-state index contributed by atoms with van der Waals surface area (Å²) in [5, 5.41) is 12.4. The maximum atomic E-state index is 13.1. The number of hydrogen-bond acceptors (Lipinski definition) is 4. The van der Waals surface area contributed by atoms with E-state index in [1.165, 1.54) is 4.57 Å². The van der Waals surface area contributed by atoms with Crippen molar-refractivity contribution in [2.24, 2.45) is 0 Å². The van der Waals surface area contributed by atoms with Gasteiger partial charge in [-0.1, -0.05) is 44.2 Å². The number of hydrogen-bond donors (Lipinski definition) is 3. The maximum Gasteiger partial charge on any atom is 0.335 e. The van der Waals surface area contributed by atoms with Gasteiger partial charge in [0.2, 0.25) is 5.88 Å². The molecule has 1 atom stereocenters. The Labute approximate surface area is 185 Å². The number of nitrogens with one attached hydrogen (secondary N) is 2. The van der Waals surface area contributed by atoms with Crippen LogP contribution in [0.1, 0.15) is 42.3 Å². The summed E-state index contributed by atoms with van der Waals surface area (Å²) in [6.45, 7) is 5.53. The predicted molar refractivity (Wildman–Crippen MR) is 125 cm³/mol. The van der Waals surface area contributed by atoms with E-state index in [1.807, 2.05) is 37.3 Å². The minimum Gasteiger partial charge on any atom is -0.494 e. The molecular weight excluding hydrogens is 404 g/mol. The lowest BCUT2D eigenvalue weighted by Gasteiger charge is -2.35. The van der Waals surface area contributed by atoms with Gasteiger partial charge >= 0.3 is 5.69 Å². The second-order valence-electron chi connectivity index (χ2n) is 8.20. The molecule has 0 unspecified atom stereocenters. The number of H-pyrrole nitrogens is 2. The van der Waals surface area contributed by atoms with E-state index in [1.54, 1.807) is 12.1 Å². The molecule has 0 radical (unpaired) electrons. The first kappa shape index (κ1) is 20.3. The fraction of sp³-hybridized carbons (Fsp3) is 0.280. The summed E-state index contributed by atoms with van der Waals surface area (Å²) in [6.07, 6.45) is 1.72. The van der Waals surface area contributed by atoms with Gasteiger partial charge in [-0.05, 0) is 48.7 Å². The summed E-state index contributed by atoms with van der Waals surface area (Å²) in [5.41, 5.74) is 3.64. The number of aryl methyl sites for hydroxylation is 1. The third-order valence-electron chi connectivity index (χ3n) is 6.54. The maximum absolute atomic E-state index is 13.1. The zero-order valence-corrected chi connectivity index (χ0v) is 18.2. The Morgan fingerprint density at radius 1 is 1.03 bits per heavy atom. The summed E-state index contributed by atoms with van der Waals surface area (Å²) >= 11 is 0. The van der Waals surface area contributed by atoms with Gasteiger partial charge in [0.1, 0.15) is 5.56 Å². The van der Waals surface area contributed by atoms with E-state index in [-0.39, 0.29) is 11.4 Å². The smallest absolute Gasteiger partial charge is 0.335 e. The van der Waals surface area contributed by atoms with Crippen molar-refractivity contribution in [3.05, 3.63) is 91.8 Å². The van der Waals surface area contributed by atoms with Crippen LogP contribution in [-0.2, 0) is 12.8 Å². The van der Waals surface area contributed by atoms with Crippen LogP contribution >= 0.6 is 0 Å². The molecule has 7 heteroatoms. The first-order valence-corrected chi connectivity index (χ1v) is 11.0. The lowest BCUT2D eigenvalue weighted by atomic mass is 9.93. The van der Waals surface area contributed by atoms with Gasteiger partial charge in [-0.2, -0.15) is 0 Å². The highest BCUT2D eigenvalue weighted by Crippen LogP contribution is 2.39. The summed E-state index contributed by atoms with van der Waals surface area (Å²) in [6, 6.07) is 15.0. The molecule has 0 saturated heterocycles. The summed E-state index contributed by atoms with van der Waals surface area (Å²) in [4.78, 5) is 33.8. The predicted octanol–water partition coefficient (Wildman–Crippen LogP) is 3.24. The van der Waals surface area contributed by atoms with Crippen LogP contribution in [0.5, 0.6) is 5.88 Å². The molecule has 0 amide bonds. The van der Waals surface area contributed by atoms with Crippen molar-refractivity contribution in [1.29, 1.82) is 0 Å². The largest absolute Gasteiger partial charge is 0.494 e. The van der Waals surface area contributed by atoms with E-state index in [9.17, 15) is 14.7 Å². The van der Waals surface area contributed by atoms with Crippen LogP contribution in [-0.4, -0.2) is 37.6 Å². The molecule has 0 fully saturated rings. The quantitative estimate of drug-likeness (QED) is 0.463. The molecule has 0 aliphatic carbocycles. The van der Waals surface area contributed by atoms with Crippen LogP contribution in [0, 0.1) is 0 Å². The van der Waals surface area contributed by atoms with Crippen LogP contribution in [0.25, 0.3) is 16.6 Å². The molecule has 1 aliphatic rings. The second kappa shape index (κ2) is 7.84. The van der Waals surface area contributed by atoms with E-state index in [0.29, 0.717) is 12.2 Å². The summed E-state index contributed by atoms with van der Waals surface area (Å²) < 4.78 is 1.18. The van der Waals surface area contributed by atoms with Crippen LogP contribution in [0.3, 0.4) is 0 Å². The number of aromatic nitrogens is 3. The van der Waals surface area contributed by atoms with Crippen LogP contribution in [0.15, 0.2) is 58.1 Å². The minimum absolute atomic E-state index is 0.179. The number of para-hydroxylation sites is 1. The Kier molecular flexibility index (Phi) is 4.98. The van der Waals surface area contributed by atoms with E-state index in [0.717, 1.165) is 47.1 Å². The lowest BCUT2D eigenvalue weighted by molar-refractivity contribution is 0.215. The fourth-order valence-electron chi connectivity index (χ4n) is 4.86. The van der Waals surface area contributed by atoms with Crippen molar-refractivity contribution in [2.75, 3.05) is 13.1 Å². The molecule has 0 saturated carbocycles. The van der Waals surface area contributed by atoms with Crippen molar-refractivity contribution >= 4 is 10.9 Å². The highest BCUT2D eigenvalue weighted by molar-refractivity contribution is 5.85. The first-order chi connectivity index (χ1) is 15.5. The first-order valence-electron chi connectivity index (χ1n) is 11.0. The molecule has 0 bridgehead atoms. The molecule has 5 rings (SSSR count). The number of benzene rings is 2. The third kappa shape index (κ3) is 3.08. The summed E-state index contributed by atoms with van der Waals surface area (Å²) in [7, 11) is 0. The highest BCUT2D eigenvalue weighted by Gasteiger charge is 2.35. The average Bonchev–Trinajstić information content (AvgIpc) is 3.18. The third-order valence-corrected chi connectivity index (χ3v) is 6.54. The van der Waals surface area contributed by atoms with E-state index < -0.39 is 17.3 Å². The van der Waals surface area contributed by atoms with Crippen molar-refractivity contribution in [3.63, 3.8) is 0 Å². The van der Waals surface area contributed by atoms with Crippen LogP contribution in [0.2, 0.25) is 0 Å². The number of rotatable bonds is 4. The molecule has 164 valence electrons. The van der Waals surface area contributed by atoms with Gasteiger partial charge in [-0.15, -0.1) is 0 Å². The summed E-state index contributed by atoms with van der Waals surface area (Å²) in [5.74, 6) is -0.321. The van der Waals surface area contributed by atoms with Gasteiger partial charge in [0.05, 0.1) is 11.7 Å². The van der Waals surface area contributed by atoms with E-state index in [2.05, 4.69) is 27.9 Å². The molecular formula is C25H26N4O3. The molecule has 2 aromatic carbocycles. The zero-order chi connectivity index (χ0) is 22.4. The number of aromatic amines is 2. The Morgan fingerprint density at radius 2 is 1.78 bits per heavy atom. The second-order valence-corrected chi connectivity index (χ2v) is 8.20. The molecule has 3 N–H and O–H groups in total. The monoisotopic (exact) mass is 430 g/mol. The number of fused-ring (bicyclic) bond motifs is 3. The van der Waals surface area contributed by atoms with Crippen molar-refractivity contribution < 1.29 is 5.11 Å². The SMILES string of the molecule is CCc1ccc(-n2c(O)c([C@H]3c4[nH]c5ccccc5c4CCN3CC)c(=O)[nH]c2=O)cc1. The molecule has 4 aromatic rings. The number of likely N-dealkylation sites (N-methyl/N-ethyl adjacent to an activating group) is 1. The Morgan fingerprint density at radius 3 is 2.50 bits per heavy atom. The van der Waals surface area contributed by atoms with Gasteiger partial charge in [0, 0.05) is 23.1 Å². The van der Waals surface area contributed by atoms with Gasteiger partial charge in [0.25, 0.3) is 5.56 Å². The molecule has 7 nitrogen and oxygen atoms in total. The topological polar surface area (TPSA) is 94.1 Å². The van der Waals surface area contributed by atoms with Crippen molar-refractivity contribution in [3.8, 4) is 11.6 Å². The zero-order valence-electron chi connectivity index (χ0n) is 18.2. The van der Waals surface area contributed by atoms with Gasteiger partial charge in [-0.3, -0.25) is 14.7 Å². The lowest BCUT2D eigenvalue weighted by Crippen LogP contribution is -2.41. The van der Waals surface area contributed by atoms with Crippen molar-refractivity contribution in [2.45, 2.75) is 32.7 Å². The van der Waals surface area contributed by atoms with Gasteiger partial charge in [0.15, 0.2) is 0 Å². The molecule has 32 heavy (non-hydrogen) atoms. The molecule has 1 aliphatic heterocycles.